The second-order valence-electron chi connectivity index (χ2n) is 18.2. The average molecular weight is 851 g/mol. The molecule has 0 spiro atoms. The number of nitrogens with two attached hydrogens (primary N) is 1. The first-order valence-corrected chi connectivity index (χ1v) is 24.4. The average Bonchev–Trinajstić information content (AvgIpc) is 3.76. The van der Waals surface area contributed by atoms with E-state index in [0.29, 0.717) is 50.5 Å². The van der Waals surface area contributed by atoms with E-state index in [9.17, 15) is 35.1 Å². The van der Waals surface area contributed by atoms with E-state index >= 15 is 0 Å². The van der Waals surface area contributed by atoms with Crippen molar-refractivity contribution in [2.45, 2.75) is 145 Å². The Bertz CT molecular complexity index is 1470. The van der Waals surface area contributed by atoms with E-state index in [1.54, 1.807) is 10.8 Å². The molecule has 15 heteroatoms. The minimum Gasteiger partial charge on any atom is -0.547 e. The molecule has 0 amide bonds. The Hall–Kier alpha value is -1.50. The molecule has 3 saturated heterocycles. The third-order valence-electron chi connectivity index (χ3n) is 14.8. The Kier molecular flexibility index (Phi) is 15.5. The van der Waals surface area contributed by atoms with Crippen LogP contribution in [-0.4, -0.2) is 129 Å². The van der Waals surface area contributed by atoms with Crippen LogP contribution < -0.4 is 10.4 Å². The summed E-state index contributed by atoms with van der Waals surface area (Å²) in [5.41, 5.74) is -3.58. The number of allylic oxidation sites excluding steroid dienone is 3. The number of aldehydes is 1. The number of aliphatic hydroxyl groups is 6. The molecular formula is C43H66N2O11S2+2. The molecule has 0 aromatic carbocycles. The van der Waals surface area contributed by atoms with Gasteiger partial charge in [0.05, 0.1) is 54.7 Å². The Morgan fingerprint density at radius 3 is 2.64 bits per heavy atom. The molecular weight excluding hydrogens is 785 g/mol. The lowest BCUT2D eigenvalue weighted by atomic mass is 9.69. The van der Waals surface area contributed by atoms with Gasteiger partial charge in [0.2, 0.25) is 5.60 Å². The molecule has 0 aromatic rings. The maximum absolute atomic E-state index is 13.3. The first-order valence-electron chi connectivity index (χ1n) is 21.9. The van der Waals surface area contributed by atoms with Crippen molar-refractivity contribution in [1.82, 2.24) is 0 Å². The van der Waals surface area contributed by atoms with Crippen molar-refractivity contribution < 1.29 is 59.4 Å². The number of ether oxygens (including phenoxy) is 4. The van der Waals surface area contributed by atoms with Crippen LogP contribution in [0.2, 0.25) is 0 Å². The zero-order valence-electron chi connectivity index (χ0n) is 33.8. The Labute approximate surface area is 350 Å². The van der Waals surface area contributed by atoms with E-state index in [0.717, 1.165) is 43.4 Å². The molecule has 4 aliphatic heterocycles. The summed E-state index contributed by atoms with van der Waals surface area (Å²) in [5.74, 6) is 0.293. The topological polar surface area (TPSA) is 208 Å². The quantitative estimate of drug-likeness (QED) is 0.0699. The van der Waals surface area contributed by atoms with Crippen LogP contribution in [0.25, 0.3) is 0 Å². The maximum Gasteiger partial charge on any atom is 0.203 e. The summed E-state index contributed by atoms with van der Waals surface area (Å²) in [5, 5.41) is 60.5. The molecule has 6 fully saturated rings. The van der Waals surface area contributed by atoms with Crippen molar-refractivity contribution in [1.29, 1.82) is 0 Å². The number of carboxylic acids is 1. The third-order valence-corrected chi connectivity index (χ3v) is 16.8. The van der Waals surface area contributed by atoms with Gasteiger partial charge in [-0.15, -0.1) is 4.99 Å². The number of hydrogen-bond acceptors (Lipinski definition) is 13. The highest BCUT2D eigenvalue weighted by molar-refractivity contribution is 8.76. The van der Waals surface area contributed by atoms with Gasteiger partial charge in [-0.1, -0.05) is 59.9 Å². The van der Waals surface area contributed by atoms with Crippen LogP contribution in [-0.2, 0) is 23.8 Å². The smallest absolute Gasteiger partial charge is 0.203 e. The van der Waals surface area contributed by atoms with Crippen molar-refractivity contribution >= 4 is 40.1 Å². The monoisotopic (exact) mass is 850 g/mol. The minimum atomic E-state index is -2.41. The van der Waals surface area contributed by atoms with Crippen LogP contribution in [0.1, 0.15) is 90.4 Å². The van der Waals surface area contributed by atoms with Gasteiger partial charge in [-0.2, -0.15) is 0 Å². The largest absolute Gasteiger partial charge is 0.547 e. The van der Waals surface area contributed by atoms with Gasteiger partial charge >= 0.3 is 0 Å². The fraction of sp³-hybridized carbons (Fsp3) is 0.814. The second kappa shape index (κ2) is 20.1. The zero-order valence-corrected chi connectivity index (χ0v) is 35.4. The molecule has 0 radical (unpaired) electrons. The fourth-order valence-corrected chi connectivity index (χ4v) is 13.3. The van der Waals surface area contributed by atoms with Crippen LogP contribution in [0.15, 0.2) is 28.8 Å². The summed E-state index contributed by atoms with van der Waals surface area (Å²) in [6, 6.07) is 0. The predicted octanol–water partition coefficient (Wildman–Crippen LogP) is 1.61. The summed E-state index contributed by atoms with van der Waals surface area (Å²) in [7, 11) is 2.90. The number of aliphatic hydroxyl groups excluding tert-OH is 3. The van der Waals surface area contributed by atoms with Crippen LogP contribution in [0.4, 0.5) is 0 Å². The molecule has 13 nitrogen and oxygen atoms in total. The number of quaternary nitrogens is 1. The first-order chi connectivity index (χ1) is 28.0. The number of aliphatic carboxylic acids is 1. The van der Waals surface area contributed by atoms with Gasteiger partial charge in [-0.25, -0.2) is 0 Å². The molecule has 324 valence electrons. The number of nitrogens with zero attached hydrogens (tertiary/aromatic N) is 1. The third kappa shape index (κ3) is 9.60. The molecule has 3 aliphatic carbocycles. The molecule has 13 unspecified atom stereocenters. The summed E-state index contributed by atoms with van der Waals surface area (Å²) in [4.78, 5) is 30.2. The van der Waals surface area contributed by atoms with E-state index in [2.05, 4.69) is 30.1 Å². The van der Waals surface area contributed by atoms with Crippen molar-refractivity contribution in [3.63, 3.8) is 0 Å². The Balaban J connectivity index is 1.10. The molecule has 3 saturated carbocycles. The van der Waals surface area contributed by atoms with Gasteiger partial charge in [0.1, 0.15) is 36.8 Å². The van der Waals surface area contributed by atoms with Gasteiger partial charge in [0.15, 0.2) is 37.1 Å². The molecule has 0 aromatic heterocycles. The lowest BCUT2D eigenvalue weighted by molar-refractivity contribution is -0.682. The number of carboxylic acid groups (broad SMARTS) is 1. The molecule has 7 aliphatic rings. The molecule has 58 heavy (non-hydrogen) atoms. The van der Waals surface area contributed by atoms with E-state index in [4.69, 9.17) is 18.9 Å². The highest BCUT2D eigenvalue weighted by Gasteiger charge is 2.69. The van der Waals surface area contributed by atoms with Crippen molar-refractivity contribution in [2.24, 2.45) is 46.4 Å². The predicted molar refractivity (Wildman–Crippen MR) is 219 cm³/mol. The standard InChI is InChI=1S/C43H64N2O11S2/c1-26(6-5-9-27-7-3-2-4-8-27)33-20-45-23-42(52)41(55-31-14-15-32-36(18-31)53-21-34(37(32)48)28-10-12-30(47)13-11-28)56-38(40(50)51)39(49)43(42,24-46)54-25-58-57-22-35(33)29-16-17-44-19-29/h5,9,16-17,19,24,26-28,30-39,41,45,47-49,52H,2-4,6-8,10-15,18,20-23,25H2,1H3/p+2. The normalized spacial score (nSPS) is 43.8. The van der Waals surface area contributed by atoms with E-state index in [1.165, 1.54) is 42.9 Å². The van der Waals surface area contributed by atoms with Crippen LogP contribution in [0, 0.1) is 48.0 Å². The van der Waals surface area contributed by atoms with Crippen molar-refractivity contribution in [2.75, 3.05) is 31.4 Å². The number of rotatable bonds is 10. The lowest BCUT2D eigenvalue weighted by Gasteiger charge is -2.54. The van der Waals surface area contributed by atoms with E-state index in [-0.39, 0.29) is 54.3 Å². The SMILES string of the molecule is CC(CC=CC1CCCCC1)C1C[NH2+]CC2(O)C(OC3CCC4C(C3)[OH+]CC(C3CCC(O)CC3)C4O)OC(C(=O)[O-])C(O)C2(C=O)OCSSCC1C1=C[CH+]N=C1. The summed E-state index contributed by atoms with van der Waals surface area (Å²) in [6.07, 6.45) is 13.7. The van der Waals surface area contributed by atoms with Crippen molar-refractivity contribution in [3.8, 4) is 0 Å². The molecule has 7 N–H and O–H groups in total. The van der Waals surface area contributed by atoms with E-state index < -0.39 is 47.9 Å². The first kappa shape index (κ1) is 44.6. The number of carbonyl (C=O) groups is 2. The minimum absolute atomic E-state index is 0.0431. The summed E-state index contributed by atoms with van der Waals surface area (Å²) >= 11 is 0. The second-order valence-corrected chi connectivity index (χ2v) is 20.6. The summed E-state index contributed by atoms with van der Waals surface area (Å²) < 4.78 is 23.7. The van der Waals surface area contributed by atoms with Gasteiger partial charge in [0.25, 0.3) is 0 Å². The van der Waals surface area contributed by atoms with Gasteiger partial charge in [0, 0.05) is 18.1 Å². The van der Waals surface area contributed by atoms with E-state index in [1.807, 2.05) is 18.1 Å². The van der Waals surface area contributed by atoms with Crippen molar-refractivity contribution in [3.05, 3.63) is 30.3 Å². The van der Waals surface area contributed by atoms with Crippen LogP contribution in [0.5, 0.6) is 0 Å². The number of aliphatic imine (C=N–C) groups is 1. The maximum atomic E-state index is 13.3. The fourth-order valence-electron chi connectivity index (χ4n) is 11.2. The highest BCUT2D eigenvalue weighted by Crippen LogP contribution is 2.46. The van der Waals surface area contributed by atoms with Gasteiger partial charge < -0.3 is 54.6 Å². The van der Waals surface area contributed by atoms with Gasteiger partial charge in [-0.05, 0) is 75.5 Å². The highest BCUT2D eigenvalue weighted by atomic mass is 33.1. The zero-order chi connectivity index (χ0) is 40.9. The lowest BCUT2D eigenvalue weighted by Crippen LogP contribution is -2.95. The number of fused-ring (bicyclic) bond motifs is 2. The Morgan fingerprint density at radius 2 is 1.91 bits per heavy atom. The van der Waals surface area contributed by atoms with Gasteiger partial charge in [-0.3, -0.25) is 4.79 Å². The molecule has 13 atom stereocenters. The molecule has 4 heterocycles. The number of carbonyl (C=O) groups excluding carboxylic acids is 2. The number of hydrogen-bond donors (Lipinski definition) is 5. The molecule has 7 rings (SSSR count). The summed E-state index contributed by atoms with van der Waals surface area (Å²) in [6.45, 7) is 4.96. The molecule has 0 bridgehead atoms. The Morgan fingerprint density at radius 1 is 1.12 bits per heavy atom. The van der Waals surface area contributed by atoms with Crippen LogP contribution >= 0.6 is 21.6 Å². The van der Waals surface area contributed by atoms with Crippen LogP contribution in [0.3, 0.4) is 0 Å².